The number of anilines is 7. The molecule has 0 unspecified atom stereocenters. The van der Waals surface area contributed by atoms with Crippen molar-refractivity contribution in [3.63, 3.8) is 0 Å². The number of hydrogen-bond acceptors (Lipinski definition) is 31. The summed E-state index contributed by atoms with van der Waals surface area (Å²) in [6, 6.07) is 9.06. The van der Waals surface area contributed by atoms with Gasteiger partial charge in [-0.05, 0) is 142 Å². The Morgan fingerprint density at radius 2 is 0.740 bits per heavy atom. The molecule has 3 saturated carbocycles. The second-order valence-corrected chi connectivity index (χ2v) is 66.4. The number of amides is 5. The molecule has 3 aliphatic carbocycles. The standard InChI is InChI=1S/C23H30ClN7O3Si.C17H16ClN7O2.C15H25N5O2Si.C12H12BrClN2O2.C11H19N5OSi.C9H11N5O.C7H18OSi.CH4.ClH.K.Na.H2O.H/c1-35(2,3)10-9-34-14-30-13-27-19-18(30)20(26-12-25-19)28-16-11-15(24)17-21(32)29-23(31(17)22(16)33)7-5-4-6-8-23;18-9-6-10(23-14-11-13(20-7-19-11)21-8-22-14)16(27)25-12(9)15(26)24-17(25)4-2-1-3-5-17;1-11(2)15(21)19-14-12-13(16-8-17-14)18-9-20(12)10-22-6-7-23(3,4)5;13-7-6-8(14)9-10(17)15-12(16(9)11(7)18)4-2-1-3-5-12;1-18(2,3)5-4-17-8-16-7-15-11-9(16)10(12)13-6-14-11;1-5(2)9(15)14-8-6-7(11-3-10-6)12-4-13-8;1-5-8-6-7-9(2,3)4;;;;;;/h11-13H,4-10,14H2,1-3H3,(H,29,32)(H,25,26,28);6-8H,1-5H2,(H,24,26)(H2,19,20,21,22,23);8-9,11H,6-7,10H2,1-5H3,(H,16,17,19,21);6H,1-5H2,(H,15,17);6-7H,4-5,8H2,1-3H3,(H2,12,13,14);3-5H,1-2H3,(H2,10,11,12,13,14,15);5-7H2,1-4H3;1H4;1H;;;1H2;/q;;;;;;;;;2*+1;;-1/p-1. The zero-order valence-electron chi connectivity index (χ0n) is 89.0. The number of halogens is 5. The molecule has 0 bridgehead atoms. The fourth-order valence-electron chi connectivity index (χ4n) is 17.1. The molecule has 0 aromatic carbocycles. The van der Waals surface area contributed by atoms with Crippen molar-refractivity contribution in [2.24, 2.45) is 11.8 Å². The third-order valence-electron chi connectivity index (χ3n) is 25.1. The molecule has 0 saturated heterocycles. The molecule has 0 atom stereocenters. The van der Waals surface area contributed by atoms with Crippen LogP contribution in [0.25, 0.3) is 55.8 Å². The Balaban J connectivity index is 0.000000244. The number of hydrogen-bond donors (Lipinski definition) is 10. The van der Waals surface area contributed by atoms with Crippen LogP contribution in [0.2, 0.25) is 118 Å². The van der Waals surface area contributed by atoms with Gasteiger partial charge in [-0.2, -0.15) is 0 Å². The minimum Gasteiger partial charge on any atom is -1.00 e. The number of aromatic amines is 2. The van der Waals surface area contributed by atoms with Gasteiger partial charge < -0.3 is 92.5 Å². The Bertz CT molecular complexity index is 7020. The van der Waals surface area contributed by atoms with Crippen molar-refractivity contribution < 1.29 is 131 Å². The van der Waals surface area contributed by atoms with Crippen molar-refractivity contribution in [1.29, 1.82) is 0 Å². The van der Waals surface area contributed by atoms with E-state index in [0.29, 0.717) is 147 Å². The van der Waals surface area contributed by atoms with Gasteiger partial charge in [0.15, 0.2) is 57.3 Å². The molecule has 5 amide bonds. The van der Waals surface area contributed by atoms with Gasteiger partial charge in [-0.1, -0.05) is 168 Å². The fraction of sp³-hybridized carbons (Fsp3) is 0.526. The SMILES string of the molecule is C.CC(C)C(=O)Nc1ncnc2nc[nH]c12.CC(C)C(=O)Nc1ncnc2ncn(COCC[Si](C)(C)C)c12.CCOCC[Si](C)(C)C.C[Si](C)(C)CCOCn1cnc2ncnc(N)c21.C[Si](C)(C)CCOCn1cnc2ncnc(Nc3cc(Cl)c4n(c3=O)C3(CCCCC3)NC4=O)c21.Cl.O=C1NC2(CCCCC2)n2c1c(Cl)cc(Br)c2=O.O=C1NC2(CCCCC2)n2c1c(Cl)cc(Nc1ncnc3nc[nH]c13)c2=O.[H-].[K+].[Na+].[OH-]. The summed E-state index contributed by atoms with van der Waals surface area (Å²) in [5.41, 5.74) is 10.2. The number of nitrogen functional groups attached to an aromatic ring is 1. The third-order valence-corrected chi connectivity index (χ3v) is 33.3. The molecule has 19 rings (SSSR count). The first kappa shape index (κ1) is 126. The molecule has 13 aromatic rings. The largest absolute Gasteiger partial charge is 1.00 e. The maximum absolute atomic E-state index is 13.7. The normalized spacial score (nSPS) is 14.8. The first-order valence-electron chi connectivity index (χ1n) is 48.8. The van der Waals surface area contributed by atoms with E-state index in [0.717, 1.165) is 121 Å². The van der Waals surface area contributed by atoms with E-state index >= 15 is 0 Å². The van der Waals surface area contributed by atoms with E-state index in [-0.39, 0.29) is 199 Å². The molecule has 804 valence electrons. The van der Waals surface area contributed by atoms with Gasteiger partial charge in [0.1, 0.15) is 125 Å². The van der Waals surface area contributed by atoms with Gasteiger partial charge in [0.05, 0.1) is 51.2 Å². The number of nitrogens with two attached hydrogens (primary N) is 1. The average Bonchev–Trinajstić information content (AvgIpc) is 1.57. The fourth-order valence-corrected chi connectivity index (χ4v) is 21.5. The Morgan fingerprint density at radius 3 is 1.12 bits per heavy atom. The first-order chi connectivity index (χ1) is 68.8. The minimum absolute atomic E-state index is 0. The topological polar surface area (TPSA) is 568 Å². The van der Waals surface area contributed by atoms with Crippen molar-refractivity contribution in [2.45, 2.75) is 278 Å². The molecule has 55 heteroatoms. The van der Waals surface area contributed by atoms with Crippen LogP contribution in [0.15, 0.2) is 100 Å². The molecule has 3 aliphatic heterocycles. The van der Waals surface area contributed by atoms with Gasteiger partial charge in [0.2, 0.25) is 11.8 Å². The molecular weight excluding hydrogens is 2180 g/mol. The Hall–Kier alpha value is -8.71. The van der Waals surface area contributed by atoms with Crippen LogP contribution in [0, 0.1) is 11.8 Å². The van der Waals surface area contributed by atoms with E-state index < -0.39 is 49.3 Å². The zero-order valence-corrected chi connectivity index (χ0v) is 102. The van der Waals surface area contributed by atoms with E-state index in [1.807, 2.05) is 48.3 Å². The van der Waals surface area contributed by atoms with Crippen LogP contribution in [-0.4, -0.2) is 212 Å². The molecular formula is C95H138BrCl4KN31NaO13Si4. The Kier molecular flexibility index (Phi) is 46.9. The summed E-state index contributed by atoms with van der Waals surface area (Å²) in [5, 5.41) is 21.5. The minimum atomic E-state index is -1.20. The molecule has 13 aromatic heterocycles. The summed E-state index contributed by atoms with van der Waals surface area (Å²) in [4.78, 5) is 168. The number of H-pyrrole nitrogens is 2. The Morgan fingerprint density at radius 1 is 0.433 bits per heavy atom. The number of carbonyl (C=O) groups is 5. The van der Waals surface area contributed by atoms with Crippen molar-refractivity contribution >= 4 is 221 Å². The number of fused-ring (bicyclic) bond motifs is 11. The van der Waals surface area contributed by atoms with Gasteiger partial charge in [0.25, 0.3) is 34.4 Å². The van der Waals surface area contributed by atoms with E-state index in [1.54, 1.807) is 28.1 Å². The number of ether oxygens (including phenoxy) is 4. The quantitative estimate of drug-likeness (QED) is 0.0169. The van der Waals surface area contributed by atoms with Crippen LogP contribution < -0.4 is 141 Å². The maximum atomic E-state index is 13.7. The summed E-state index contributed by atoms with van der Waals surface area (Å²) in [5.74, 6) is 0.992. The van der Waals surface area contributed by atoms with E-state index in [9.17, 15) is 38.4 Å². The number of pyridine rings is 3. The van der Waals surface area contributed by atoms with Crippen LogP contribution in [0.1, 0.15) is 171 Å². The molecule has 44 nitrogen and oxygen atoms in total. The van der Waals surface area contributed by atoms with Crippen molar-refractivity contribution in [3.05, 3.63) is 149 Å². The second-order valence-electron chi connectivity index (χ2n) is 41.9. The van der Waals surface area contributed by atoms with Gasteiger partial charge in [0, 0.05) is 77.2 Å². The van der Waals surface area contributed by atoms with Crippen LogP contribution in [0.5, 0.6) is 0 Å². The van der Waals surface area contributed by atoms with Gasteiger partial charge >= 0.3 is 80.9 Å². The summed E-state index contributed by atoms with van der Waals surface area (Å²) >= 11 is 22.2. The summed E-state index contributed by atoms with van der Waals surface area (Å²) in [6.07, 6.45) is 28.5. The second kappa shape index (κ2) is 55.6. The van der Waals surface area contributed by atoms with Crippen LogP contribution in [0.3, 0.4) is 0 Å². The Labute approximate surface area is 969 Å². The number of imidazole rings is 5. The predicted octanol–water partition coefficient (Wildman–Crippen LogP) is 11.7. The monoisotopic (exact) mass is 2310 g/mol. The number of carbonyl (C=O) groups excluding carboxylic acids is 5. The molecule has 150 heavy (non-hydrogen) atoms. The van der Waals surface area contributed by atoms with Crippen LogP contribution in [0.4, 0.5) is 40.5 Å². The molecule has 6 aliphatic rings. The molecule has 3 spiro atoms. The zero-order chi connectivity index (χ0) is 105. The first-order valence-corrected chi connectivity index (χ1v) is 65.6. The van der Waals surface area contributed by atoms with E-state index in [1.165, 1.54) is 73.1 Å². The molecule has 12 N–H and O–H groups in total. The van der Waals surface area contributed by atoms with Crippen molar-refractivity contribution in [3.8, 4) is 0 Å². The smallest absolute Gasteiger partial charge is 1.00 e. The van der Waals surface area contributed by atoms with Gasteiger partial charge in [-0.15, -0.1) is 12.4 Å². The summed E-state index contributed by atoms with van der Waals surface area (Å²) < 4.78 is 33.1. The molecule has 16 heterocycles. The molecule has 3 fully saturated rings. The summed E-state index contributed by atoms with van der Waals surface area (Å²) in [6.45, 7) is 42.4. The average molecular weight is 2320 g/mol. The van der Waals surface area contributed by atoms with Crippen LogP contribution in [-0.2, 0) is 65.7 Å². The predicted molar refractivity (Wildman–Crippen MR) is 592 cm³/mol. The van der Waals surface area contributed by atoms with Crippen molar-refractivity contribution in [2.75, 3.05) is 60.0 Å². The third kappa shape index (κ3) is 31.8. The number of nitrogens with zero attached hydrogens (tertiary/aromatic N) is 21. The maximum Gasteiger partial charge on any atom is 1.00 e. The number of aromatic nitrogens is 23. The van der Waals surface area contributed by atoms with E-state index in [4.69, 9.17) is 59.5 Å². The van der Waals surface area contributed by atoms with E-state index in [2.05, 4.69) is 216 Å². The van der Waals surface area contributed by atoms with Crippen LogP contribution >= 0.6 is 63.1 Å². The van der Waals surface area contributed by atoms with Crippen molar-refractivity contribution in [1.82, 2.24) is 128 Å². The molecule has 0 radical (unpaired) electrons. The summed E-state index contributed by atoms with van der Waals surface area (Å²) in [7, 11) is -4.18. The van der Waals surface area contributed by atoms with Gasteiger partial charge in [-0.3, -0.25) is 52.1 Å². The number of nitrogens with one attached hydrogen (secondary N) is 9. The van der Waals surface area contributed by atoms with Gasteiger partial charge in [-0.25, -0.2) is 74.8 Å². The number of rotatable bonds is 27.